The first-order valence-electron chi connectivity index (χ1n) is 6.75. The summed E-state index contributed by atoms with van der Waals surface area (Å²) >= 11 is 1.70. The van der Waals surface area contributed by atoms with Crippen LogP contribution in [0.5, 0.6) is 0 Å². The Labute approximate surface area is 113 Å². The summed E-state index contributed by atoms with van der Waals surface area (Å²) in [5, 5.41) is 1.18. The first kappa shape index (κ1) is 13.7. The molecule has 4 heteroatoms. The molecule has 0 radical (unpaired) electrons. The van der Waals surface area contributed by atoms with Crippen LogP contribution in [0.2, 0.25) is 0 Å². The van der Waals surface area contributed by atoms with Gasteiger partial charge in [0, 0.05) is 36.0 Å². The summed E-state index contributed by atoms with van der Waals surface area (Å²) in [6.45, 7) is 7.38. The molecule has 1 fully saturated rings. The maximum atomic E-state index is 11.1. The lowest BCUT2D eigenvalue weighted by atomic mass is 10.1. The van der Waals surface area contributed by atoms with Crippen molar-refractivity contribution in [1.29, 1.82) is 0 Å². The van der Waals surface area contributed by atoms with Crippen molar-refractivity contribution in [2.24, 2.45) is 0 Å². The van der Waals surface area contributed by atoms with E-state index in [0.29, 0.717) is 18.5 Å². The lowest BCUT2D eigenvalue weighted by molar-refractivity contribution is -0.116. The lowest BCUT2D eigenvalue weighted by Gasteiger charge is -2.27. The number of ketones is 1. The number of rotatable bonds is 5. The van der Waals surface area contributed by atoms with E-state index in [-0.39, 0.29) is 5.78 Å². The highest BCUT2D eigenvalue weighted by Crippen LogP contribution is 2.25. The van der Waals surface area contributed by atoms with E-state index in [1.807, 2.05) is 6.20 Å². The molecule has 1 aromatic heterocycles. The fourth-order valence-electron chi connectivity index (χ4n) is 2.73. The molecule has 0 N–H and O–H groups in total. The molecule has 0 bridgehead atoms. The molecule has 0 saturated carbocycles. The molecule has 3 nitrogen and oxygen atoms in total. The van der Waals surface area contributed by atoms with Crippen molar-refractivity contribution >= 4 is 17.1 Å². The highest BCUT2D eigenvalue weighted by Gasteiger charge is 2.27. The van der Waals surface area contributed by atoms with Gasteiger partial charge in [0.1, 0.15) is 5.78 Å². The SMILES string of the molecule is CC(=O)Cc1cnc(CC2CCCN2C(C)C)s1. The molecule has 1 aliphatic heterocycles. The number of thiazole rings is 1. The monoisotopic (exact) mass is 266 g/mol. The Bertz CT molecular complexity index is 414. The molecule has 0 spiro atoms. The van der Waals surface area contributed by atoms with Crippen LogP contribution in [0, 0.1) is 0 Å². The van der Waals surface area contributed by atoms with Crippen LogP contribution in [0.4, 0.5) is 0 Å². The van der Waals surface area contributed by atoms with Crippen molar-refractivity contribution in [2.45, 2.75) is 58.5 Å². The van der Waals surface area contributed by atoms with E-state index in [9.17, 15) is 4.79 Å². The molecule has 0 amide bonds. The molecular formula is C14H22N2OS. The van der Waals surface area contributed by atoms with Crippen molar-refractivity contribution in [3.8, 4) is 0 Å². The van der Waals surface area contributed by atoms with Gasteiger partial charge in [0.25, 0.3) is 0 Å². The second-order valence-electron chi connectivity index (χ2n) is 5.43. The standard InChI is InChI=1S/C14H22N2OS/c1-10(2)16-6-4-5-12(16)8-14-15-9-13(18-14)7-11(3)17/h9-10,12H,4-8H2,1-3H3. The van der Waals surface area contributed by atoms with Gasteiger partial charge in [0.2, 0.25) is 0 Å². The van der Waals surface area contributed by atoms with E-state index in [0.717, 1.165) is 11.3 Å². The fourth-order valence-corrected chi connectivity index (χ4v) is 3.79. The van der Waals surface area contributed by atoms with Crippen LogP contribution < -0.4 is 0 Å². The van der Waals surface area contributed by atoms with Crippen LogP contribution in [0.15, 0.2) is 6.20 Å². The molecule has 1 atom stereocenters. The largest absolute Gasteiger partial charge is 0.300 e. The molecule has 100 valence electrons. The number of carbonyl (C=O) groups excluding carboxylic acids is 1. The van der Waals surface area contributed by atoms with Crippen LogP contribution in [0.3, 0.4) is 0 Å². The smallest absolute Gasteiger partial charge is 0.135 e. The van der Waals surface area contributed by atoms with Crippen LogP contribution in [0.25, 0.3) is 0 Å². The zero-order valence-corrected chi connectivity index (χ0v) is 12.3. The average Bonchev–Trinajstić information content (AvgIpc) is 2.87. The van der Waals surface area contributed by atoms with E-state index >= 15 is 0 Å². The molecule has 2 heterocycles. The third-order valence-corrected chi connectivity index (χ3v) is 4.54. The molecule has 1 saturated heterocycles. The average molecular weight is 266 g/mol. The number of nitrogens with zero attached hydrogens (tertiary/aromatic N) is 2. The topological polar surface area (TPSA) is 33.2 Å². The van der Waals surface area contributed by atoms with E-state index in [1.165, 1.54) is 24.4 Å². The highest BCUT2D eigenvalue weighted by molar-refractivity contribution is 7.11. The summed E-state index contributed by atoms with van der Waals surface area (Å²) in [6.07, 6.45) is 6.03. The Morgan fingerprint density at radius 1 is 1.61 bits per heavy atom. The predicted octanol–water partition coefficient (Wildman–Crippen LogP) is 2.69. The Hall–Kier alpha value is -0.740. The highest BCUT2D eigenvalue weighted by atomic mass is 32.1. The third kappa shape index (κ3) is 3.39. The number of Topliss-reactive ketones (excluding diaryl/α,β-unsaturated/α-hetero) is 1. The van der Waals surface area contributed by atoms with Gasteiger partial charge in [0.15, 0.2) is 0 Å². The first-order valence-corrected chi connectivity index (χ1v) is 7.56. The van der Waals surface area contributed by atoms with Crippen molar-refractivity contribution in [3.05, 3.63) is 16.1 Å². The van der Waals surface area contributed by atoms with E-state index in [1.54, 1.807) is 18.3 Å². The molecule has 2 rings (SSSR count). The summed E-state index contributed by atoms with van der Waals surface area (Å²) in [5.41, 5.74) is 0. The summed E-state index contributed by atoms with van der Waals surface area (Å²) < 4.78 is 0. The Kier molecular flexibility index (Phi) is 4.51. The minimum absolute atomic E-state index is 0.217. The van der Waals surface area contributed by atoms with Gasteiger partial charge < -0.3 is 0 Å². The Morgan fingerprint density at radius 3 is 3.06 bits per heavy atom. The quantitative estimate of drug-likeness (QED) is 0.821. The van der Waals surface area contributed by atoms with E-state index in [4.69, 9.17) is 0 Å². The molecule has 1 aliphatic rings. The van der Waals surface area contributed by atoms with Gasteiger partial charge in [-0.2, -0.15) is 0 Å². The van der Waals surface area contributed by atoms with Gasteiger partial charge in [-0.25, -0.2) is 4.98 Å². The number of hydrogen-bond acceptors (Lipinski definition) is 4. The third-order valence-electron chi connectivity index (χ3n) is 3.52. The zero-order valence-electron chi connectivity index (χ0n) is 11.5. The molecular weight excluding hydrogens is 244 g/mol. The van der Waals surface area contributed by atoms with Crippen LogP contribution in [-0.2, 0) is 17.6 Å². The fraction of sp³-hybridized carbons (Fsp3) is 0.714. The van der Waals surface area contributed by atoms with Crippen molar-refractivity contribution in [1.82, 2.24) is 9.88 Å². The Balaban J connectivity index is 1.96. The summed E-state index contributed by atoms with van der Waals surface area (Å²) in [5.74, 6) is 0.217. The molecule has 1 unspecified atom stereocenters. The second-order valence-corrected chi connectivity index (χ2v) is 6.63. The van der Waals surface area contributed by atoms with Crippen molar-refractivity contribution in [3.63, 3.8) is 0 Å². The summed E-state index contributed by atoms with van der Waals surface area (Å²) in [6, 6.07) is 1.26. The Morgan fingerprint density at radius 2 is 2.39 bits per heavy atom. The normalized spacial score (nSPS) is 20.8. The van der Waals surface area contributed by atoms with Gasteiger partial charge in [-0.05, 0) is 40.2 Å². The van der Waals surface area contributed by atoms with Crippen LogP contribution >= 0.6 is 11.3 Å². The van der Waals surface area contributed by atoms with Gasteiger partial charge in [-0.15, -0.1) is 11.3 Å². The van der Waals surface area contributed by atoms with Gasteiger partial charge in [-0.3, -0.25) is 9.69 Å². The minimum atomic E-state index is 0.217. The van der Waals surface area contributed by atoms with Gasteiger partial charge in [-0.1, -0.05) is 0 Å². The molecule has 1 aromatic rings. The molecule has 0 aromatic carbocycles. The van der Waals surface area contributed by atoms with Gasteiger partial charge >= 0.3 is 0 Å². The number of hydrogen-bond donors (Lipinski definition) is 0. The second kappa shape index (κ2) is 5.93. The summed E-state index contributed by atoms with van der Waals surface area (Å²) in [4.78, 5) is 19.2. The van der Waals surface area contributed by atoms with Gasteiger partial charge in [0.05, 0.1) is 5.01 Å². The van der Waals surface area contributed by atoms with Crippen LogP contribution in [-0.4, -0.2) is 34.3 Å². The van der Waals surface area contributed by atoms with E-state index < -0.39 is 0 Å². The van der Waals surface area contributed by atoms with Crippen molar-refractivity contribution in [2.75, 3.05) is 6.54 Å². The zero-order chi connectivity index (χ0) is 13.1. The van der Waals surface area contributed by atoms with Crippen LogP contribution in [0.1, 0.15) is 43.5 Å². The maximum Gasteiger partial charge on any atom is 0.135 e. The number of aromatic nitrogens is 1. The lowest BCUT2D eigenvalue weighted by Crippen LogP contribution is -2.36. The molecule has 18 heavy (non-hydrogen) atoms. The van der Waals surface area contributed by atoms with Crippen molar-refractivity contribution < 1.29 is 4.79 Å². The van der Waals surface area contributed by atoms with E-state index in [2.05, 4.69) is 23.7 Å². The minimum Gasteiger partial charge on any atom is -0.300 e. The summed E-state index contributed by atoms with van der Waals surface area (Å²) in [7, 11) is 0. The predicted molar refractivity (Wildman–Crippen MR) is 75.1 cm³/mol. The molecule has 0 aliphatic carbocycles. The first-order chi connectivity index (χ1) is 8.56. The number of likely N-dealkylation sites (tertiary alicyclic amines) is 1. The number of carbonyl (C=O) groups is 1. The maximum absolute atomic E-state index is 11.1.